The third-order valence-corrected chi connectivity index (χ3v) is 4.08. The predicted molar refractivity (Wildman–Crippen MR) is 68.8 cm³/mol. The minimum atomic E-state index is -3.46. The van der Waals surface area contributed by atoms with E-state index in [1.54, 1.807) is 0 Å². The zero-order valence-corrected chi connectivity index (χ0v) is 10.8. The molecule has 0 saturated carbocycles. The molecule has 0 aliphatic carbocycles. The van der Waals surface area contributed by atoms with Crippen molar-refractivity contribution in [1.29, 1.82) is 0 Å². The number of anilines is 1. The van der Waals surface area contributed by atoms with Crippen LogP contribution in [0.5, 0.6) is 0 Å². The number of rotatable bonds is 3. The van der Waals surface area contributed by atoms with Gasteiger partial charge in [0, 0.05) is 11.9 Å². The van der Waals surface area contributed by atoms with Crippen molar-refractivity contribution in [3.8, 4) is 0 Å². The summed E-state index contributed by atoms with van der Waals surface area (Å²) >= 11 is 5.66. The summed E-state index contributed by atoms with van der Waals surface area (Å²) in [5.74, 6) is -0.246. The summed E-state index contributed by atoms with van der Waals surface area (Å²) in [5, 5.41) is 0.167. The van der Waals surface area contributed by atoms with Crippen LogP contribution in [-0.2, 0) is 15.6 Å². The van der Waals surface area contributed by atoms with E-state index in [0.717, 1.165) is 0 Å². The average molecular weight is 284 g/mol. The number of sulfone groups is 1. The fourth-order valence-corrected chi connectivity index (χ4v) is 2.81. The van der Waals surface area contributed by atoms with Gasteiger partial charge in [0.1, 0.15) is 5.15 Å². The lowest BCUT2D eigenvalue weighted by atomic mass is 10.3. The minimum absolute atomic E-state index is 0.167. The van der Waals surface area contributed by atoms with Crippen molar-refractivity contribution in [3.05, 3.63) is 47.5 Å². The lowest BCUT2D eigenvalue weighted by Crippen LogP contribution is -2.07. The summed E-state index contributed by atoms with van der Waals surface area (Å²) in [6.45, 7) is 0. The molecule has 0 amide bonds. The van der Waals surface area contributed by atoms with Crippen LogP contribution in [0.25, 0.3) is 0 Å². The van der Waals surface area contributed by atoms with Gasteiger partial charge in [-0.3, -0.25) is 4.98 Å². The van der Waals surface area contributed by atoms with Crippen LogP contribution in [0.1, 0.15) is 5.69 Å². The summed E-state index contributed by atoms with van der Waals surface area (Å²) in [5.41, 5.74) is 6.32. The van der Waals surface area contributed by atoms with Gasteiger partial charge in [0.15, 0.2) is 9.84 Å². The van der Waals surface area contributed by atoms with Crippen LogP contribution < -0.4 is 5.73 Å². The molecular weight excluding hydrogens is 274 g/mol. The van der Waals surface area contributed by atoms with Crippen molar-refractivity contribution in [2.45, 2.75) is 10.6 Å². The van der Waals surface area contributed by atoms with Crippen LogP contribution in [0.3, 0.4) is 0 Å². The average Bonchev–Trinajstić information content (AvgIpc) is 2.29. The molecule has 0 bridgehead atoms. The summed E-state index contributed by atoms with van der Waals surface area (Å²) in [4.78, 5) is 7.89. The summed E-state index contributed by atoms with van der Waals surface area (Å²) in [6.07, 6.45) is 2.72. The van der Waals surface area contributed by atoms with Gasteiger partial charge in [0.2, 0.25) is 0 Å². The van der Waals surface area contributed by atoms with Crippen molar-refractivity contribution in [1.82, 2.24) is 9.97 Å². The van der Waals surface area contributed by atoms with E-state index in [1.165, 1.54) is 36.7 Å². The molecule has 2 N–H and O–H groups in total. The molecule has 0 atom stereocenters. The van der Waals surface area contributed by atoms with Gasteiger partial charge in [-0.1, -0.05) is 11.6 Å². The highest BCUT2D eigenvalue weighted by atomic mass is 35.5. The van der Waals surface area contributed by atoms with Gasteiger partial charge in [-0.25, -0.2) is 13.4 Å². The predicted octanol–water partition coefficient (Wildman–Crippen LogP) is 1.69. The molecule has 5 nitrogen and oxygen atoms in total. The second-order valence-corrected chi connectivity index (χ2v) is 6.04. The third-order valence-electron chi connectivity index (χ3n) is 2.23. The second kappa shape index (κ2) is 4.91. The number of nitrogen functional groups attached to an aromatic ring is 1. The first-order valence-corrected chi connectivity index (χ1v) is 7.05. The molecule has 1 aromatic carbocycles. The SMILES string of the molecule is Nc1ccc(S(=O)(=O)Cc2cncc(Cl)n2)cc1. The molecule has 0 radical (unpaired) electrons. The normalized spacial score (nSPS) is 11.4. The molecule has 1 heterocycles. The Hall–Kier alpha value is -1.66. The number of benzene rings is 1. The van der Waals surface area contributed by atoms with Crippen molar-refractivity contribution in [2.24, 2.45) is 0 Å². The molecular formula is C11H10ClN3O2S. The maximum absolute atomic E-state index is 12.1. The summed E-state index contributed by atoms with van der Waals surface area (Å²) < 4.78 is 24.1. The molecule has 1 aromatic heterocycles. The van der Waals surface area contributed by atoms with Crippen LogP contribution in [0.4, 0.5) is 5.69 Å². The number of aromatic nitrogens is 2. The fraction of sp³-hybridized carbons (Fsp3) is 0.0909. The maximum Gasteiger partial charge on any atom is 0.184 e. The third kappa shape index (κ3) is 2.96. The molecule has 0 aliphatic rings. The molecule has 2 aromatic rings. The standard InChI is InChI=1S/C11H10ClN3O2S/c12-11-6-14-5-9(15-11)7-18(16,17)10-3-1-8(13)2-4-10/h1-6H,7,13H2. The Morgan fingerprint density at radius 1 is 1.17 bits per heavy atom. The highest BCUT2D eigenvalue weighted by Gasteiger charge is 2.16. The Bertz CT molecular complexity index is 656. The number of nitrogens with two attached hydrogens (primary N) is 1. The van der Waals surface area contributed by atoms with Gasteiger partial charge in [-0.15, -0.1) is 0 Å². The van der Waals surface area contributed by atoms with E-state index in [4.69, 9.17) is 17.3 Å². The first-order chi connectivity index (χ1) is 8.47. The van der Waals surface area contributed by atoms with E-state index in [2.05, 4.69) is 9.97 Å². The van der Waals surface area contributed by atoms with Crippen LogP contribution in [0.2, 0.25) is 5.15 Å². The van der Waals surface area contributed by atoms with Crippen LogP contribution >= 0.6 is 11.6 Å². The van der Waals surface area contributed by atoms with Gasteiger partial charge in [-0.05, 0) is 24.3 Å². The molecule has 0 fully saturated rings. The van der Waals surface area contributed by atoms with Crippen molar-refractivity contribution >= 4 is 27.1 Å². The van der Waals surface area contributed by atoms with Crippen LogP contribution in [-0.4, -0.2) is 18.4 Å². The lowest BCUT2D eigenvalue weighted by Gasteiger charge is -2.04. The Morgan fingerprint density at radius 2 is 1.83 bits per heavy atom. The van der Waals surface area contributed by atoms with E-state index in [9.17, 15) is 8.42 Å². The first kappa shape index (κ1) is 12.8. The Morgan fingerprint density at radius 3 is 2.44 bits per heavy atom. The summed E-state index contributed by atoms with van der Waals surface area (Å²) in [6, 6.07) is 6.00. The van der Waals surface area contributed by atoms with E-state index >= 15 is 0 Å². The minimum Gasteiger partial charge on any atom is -0.399 e. The van der Waals surface area contributed by atoms with E-state index in [1.807, 2.05) is 0 Å². The number of hydrogen-bond donors (Lipinski definition) is 1. The lowest BCUT2D eigenvalue weighted by molar-refractivity contribution is 0.594. The molecule has 2 rings (SSSR count). The Balaban J connectivity index is 2.30. The Kier molecular flexibility index (Phi) is 3.49. The molecule has 0 aliphatic heterocycles. The quantitative estimate of drug-likeness (QED) is 0.866. The van der Waals surface area contributed by atoms with Gasteiger partial charge < -0.3 is 5.73 Å². The maximum atomic E-state index is 12.1. The highest BCUT2D eigenvalue weighted by Crippen LogP contribution is 2.17. The van der Waals surface area contributed by atoms with E-state index < -0.39 is 9.84 Å². The molecule has 7 heteroatoms. The molecule has 18 heavy (non-hydrogen) atoms. The number of hydrogen-bond acceptors (Lipinski definition) is 5. The zero-order valence-electron chi connectivity index (χ0n) is 9.25. The van der Waals surface area contributed by atoms with Gasteiger partial charge >= 0.3 is 0 Å². The van der Waals surface area contributed by atoms with Crippen molar-refractivity contribution in [2.75, 3.05) is 5.73 Å². The van der Waals surface area contributed by atoms with E-state index in [-0.39, 0.29) is 15.8 Å². The van der Waals surface area contributed by atoms with Crippen LogP contribution in [0.15, 0.2) is 41.6 Å². The fourth-order valence-electron chi connectivity index (χ4n) is 1.40. The Labute approximate surface area is 110 Å². The largest absolute Gasteiger partial charge is 0.399 e. The second-order valence-electron chi connectivity index (χ2n) is 3.66. The smallest absolute Gasteiger partial charge is 0.184 e. The van der Waals surface area contributed by atoms with Crippen molar-refractivity contribution in [3.63, 3.8) is 0 Å². The molecule has 94 valence electrons. The topological polar surface area (TPSA) is 85.9 Å². The van der Waals surface area contributed by atoms with Gasteiger partial charge in [-0.2, -0.15) is 0 Å². The van der Waals surface area contributed by atoms with Gasteiger partial charge in [0.05, 0.1) is 22.5 Å². The van der Waals surface area contributed by atoms with E-state index in [0.29, 0.717) is 11.4 Å². The summed E-state index contributed by atoms with van der Waals surface area (Å²) in [7, 11) is -3.46. The molecule has 0 spiro atoms. The molecule has 0 saturated heterocycles. The number of nitrogens with zero attached hydrogens (tertiary/aromatic N) is 2. The van der Waals surface area contributed by atoms with Crippen LogP contribution in [0, 0.1) is 0 Å². The highest BCUT2D eigenvalue weighted by molar-refractivity contribution is 7.90. The molecule has 0 unspecified atom stereocenters. The zero-order chi connectivity index (χ0) is 13.2. The number of halogens is 1. The van der Waals surface area contributed by atoms with Gasteiger partial charge in [0.25, 0.3) is 0 Å². The van der Waals surface area contributed by atoms with Crippen molar-refractivity contribution < 1.29 is 8.42 Å². The first-order valence-electron chi connectivity index (χ1n) is 5.02. The monoisotopic (exact) mass is 283 g/mol.